The maximum absolute atomic E-state index is 12.2. The fourth-order valence-electron chi connectivity index (χ4n) is 3.09. The molecule has 5 heteroatoms. The molecule has 0 radical (unpaired) electrons. The van der Waals surface area contributed by atoms with E-state index in [0.29, 0.717) is 19.4 Å². The quantitative estimate of drug-likeness (QED) is 0.867. The predicted molar refractivity (Wildman–Crippen MR) is 101 cm³/mol. The van der Waals surface area contributed by atoms with E-state index in [9.17, 15) is 9.59 Å². The Labute approximate surface area is 154 Å². The SMILES string of the molecule is Cc1ccc2c(c1)N(CCCC(=O)NC(C)c1ccccc1)C(=O)CO2. The molecule has 26 heavy (non-hydrogen) atoms. The monoisotopic (exact) mass is 352 g/mol. The van der Waals surface area contributed by atoms with Crippen LogP contribution in [0, 0.1) is 6.92 Å². The van der Waals surface area contributed by atoms with Crippen LogP contribution in [0.3, 0.4) is 0 Å². The zero-order chi connectivity index (χ0) is 18.5. The van der Waals surface area contributed by atoms with Gasteiger partial charge >= 0.3 is 0 Å². The molecule has 0 saturated heterocycles. The zero-order valence-electron chi connectivity index (χ0n) is 15.2. The van der Waals surface area contributed by atoms with Crippen molar-refractivity contribution < 1.29 is 14.3 Å². The van der Waals surface area contributed by atoms with Gasteiger partial charge < -0.3 is 15.0 Å². The van der Waals surface area contributed by atoms with Crippen molar-refractivity contribution in [2.75, 3.05) is 18.1 Å². The fourth-order valence-corrected chi connectivity index (χ4v) is 3.09. The summed E-state index contributed by atoms with van der Waals surface area (Å²) in [4.78, 5) is 26.1. The molecule has 0 aromatic heterocycles. The van der Waals surface area contributed by atoms with Gasteiger partial charge in [0.05, 0.1) is 11.7 Å². The van der Waals surface area contributed by atoms with Crippen LogP contribution in [0.4, 0.5) is 5.69 Å². The number of carbonyl (C=O) groups is 2. The van der Waals surface area contributed by atoms with E-state index >= 15 is 0 Å². The summed E-state index contributed by atoms with van der Waals surface area (Å²) in [6.07, 6.45) is 0.982. The van der Waals surface area contributed by atoms with Crippen molar-refractivity contribution in [3.63, 3.8) is 0 Å². The molecule has 0 aliphatic carbocycles. The Morgan fingerprint density at radius 1 is 1.23 bits per heavy atom. The van der Waals surface area contributed by atoms with E-state index < -0.39 is 0 Å². The van der Waals surface area contributed by atoms with Gasteiger partial charge in [0.1, 0.15) is 5.75 Å². The molecule has 2 amide bonds. The zero-order valence-corrected chi connectivity index (χ0v) is 15.2. The first-order valence-corrected chi connectivity index (χ1v) is 8.93. The van der Waals surface area contributed by atoms with Crippen molar-refractivity contribution in [1.29, 1.82) is 0 Å². The number of nitrogens with one attached hydrogen (secondary N) is 1. The molecule has 0 bridgehead atoms. The number of rotatable bonds is 6. The van der Waals surface area contributed by atoms with Gasteiger partial charge in [-0.3, -0.25) is 9.59 Å². The molecule has 1 aliphatic rings. The van der Waals surface area contributed by atoms with Crippen LogP contribution in [-0.4, -0.2) is 25.0 Å². The third-order valence-corrected chi connectivity index (χ3v) is 4.52. The number of fused-ring (bicyclic) bond motifs is 1. The van der Waals surface area contributed by atoms with Gasteiger partial charge in [-0.25, -0.2) is 0 Å². The Bertz CT molecular complexity index is 789. The van der Waals surface area contributed by atoms with Crippen molar-refractivity contribution in [2.24, 2.45) is 0 Å². The van der Waals surface area contributed by atoms with E-state index in [2.05, 4.69) is 5.32 Å². The largest absolute Gasteiger partial charge is 0.482 e. The van der Waals surface area contributed by atoms with E-state index in [1.54, 1.807) is 4.90 Å². The smallest absolute Gasteiger partial charge is 0.265 e. The van der Waals surface area contributed by atoms with Crippen LogP contribution in [0.5, 0.6) is 5.75 Å². The van der Waals surface area contributed by atoms with Gasteiger partial charge in [-0.2, -0.15) is 0 Å². The van der Waals surface area contributed by atoms with Gasteiger partial charge in [0, 0.05) is 13.0 Å². The van der Waals surface area contributed by atoms with Crippen LogP contribution in [-0.2, 0) is 9.59 Å². The minimum Gasteiger partial charge on any atom is -0.482 e. The maximum Gasteiger partial charge on any atom is 0.265 e. The minimum atomic E-state index is -0.0684. The predicted octanol–water partition coefficient (Wildman–Crippen LogP) is 3.38. The van der Waals surface area contributed by atoms with Gasteiger partial charge in [-0.1, -0.05) is 36.4 Å². The number of nitrogens with zero attached hydrogens (tertiary/aromatic N) is 1. The Hall–Kier alpha value is -2.82. The van der Waals surface area contributed by atoms with Crippen molar-refractivity contribution in [3.05, 3.63) is 59.7 Å². The van der Waals surface area contributed by atoms with E-state index in [4.69, 9.17) is 4.74 Å². The summed E-state index contributed by atoms with van der Waals surface area (Å²) in [5, 5.41) is 3.01. The number of hydrogen-bond donors (Lipinski definition) is 1. The molecule has 1 heterocycles. The molecule has 1 unspecified atom stereocenters. The van der Waals surface area contributed by atoms with Crippen LogP contribution in [0.15, 0.2) is 48.5 Å². The molecule has 1 N–H and O–H groups in total. The second kappa shape index (κ2) is 8.04. The molecule has 0 saturated carbocycles. The Morgan fingerprint density at radius 2 is 2.00 bits per heavy atom. The van der Waals surface area contributed by atoms with Gasteiger partial charge in [-0.05, 0) is 43.5 Å². The summed E-state index contributed by atoms with van der Waals surface area (Å²) in [7, 11) is 0. The summed E-state index contributed by atoms with van der Waals surface area (Å²) >= 11 is 0. The average Bonchev–Trinajstić information content (AvgIpc) is 2.64. The van der Waals surface area contributed by atoms with Crippen LogP contribution in [0.2, 0.25) is 0 Å². The minimum absolute atomic E-state index is 0.00785. The molecular formula is C21H24N2O3. The van der Waals surface area contributed by atoms with Gasteiger partial charge in [-0.15, -0.1) is 0 Å². The standard InChI is InChI=1S/C21H24N2O3/c1-15-10-11-19-18(13-15)23(21(25)14-26-19)12-6-9-20(24)22-16(2)17-7-4-3-5-8-17/h3-5,7-8,10-11,13,16H,6,9,12,14H2,1-2H3,(H,22,24). The average molecular weight is 352 g/mol. The Kier molecular flexibility index (Phi) is 5.56. The summed E-state index contributed by atoms with van der Waals surface area (Å²) in [5.41, 5.74) is 2.94. The lowest BCUT2D eigenvalue weighted by atomic mass is 10.1. The van der Waals surface area contributed by atoms with Crippen LogP contribution in [0.1, 0.15) is 36.9 Å². The molecule has 136 valence electrons. The second-order valence-corrected chi connectivity index (χ2v) is 6.61. The molecular weight excluding hydrogens is 328 g/mol. The fraction of sp³-hybridized carbons (Fsp3) is 0.333. The van der Waals surface area contributed by atoms with Crippen molar-refractivity contribution in [3.8, 4) is 5.75 Å². The van der Waals surface area contributed by atoms with E-state index in [1.807, 2.05) is 62.4 Å². The summed E-state index contributed by atoms with van der Waals surface area (Å²) in [5.74, 6) is 0.644. The first-order valence-electron chi connectivity index (χ1n) is 8.93. The van der Waals surface area contributed by atoms with Crippen LogP contribution >= 0.6 is 0 Å². The number of benzene rings is 2. The summed E-state index contributed by atoms with van der Waals surface area (Å²) in [6.45, 7) is 4.51. The molecule has 0 fully saturated rings. The number of ether oxygens (including phenoxy) is 1. The highest BCUT2D eigenvalue weighted by Crippen LogP contribution is 2.32. The molecule has 0 spiro atoms. The van der Waals surface area contributed by atoms with E-state index in [-0.39, 0.29) is 24.5 Å². The number of aryl methyl sites for hydroxylation is 1. The number of hydrogen-bond acceptors (Lipinski definition) is 3. The molecule has 2 aromatic rings. The van der Waals surface area contributed by atoms with Crippen molar-refractivity contribution in [1.82, 2.24) is 5.32 Å². The second-order valence-electron chi connectivity index (χ2n) is 6.61. The first-order chi connectivity index (χ1) is 12.5. The van der Waals surface area contributed by atoms with Crippen molar-refractivity contribution in [2.45, 2.75) is 32.7 Å². The van der Waals surface area contributed by atoms with E-state index in [1.165, 1.54) is 0 Å². The highest BCUT2D eigenvalue weighted by molar-refractivity contribution is 5.98. The lowest BCUT2D eigenvalue weighted by Gasteiger charge is -2.29. The molecule has 1 atom stereocenters. The van der Waals surface area contributed by atoms with Gasteiger partial charge in [0.15, 0.2) is 6.61 Å². The molecule has 5 nitrogen and oxygen atoms in total. The number of anilines is 1. The third kappa shape index (κ3) is 4.23. The maximum atomic E-state index is 12.2. The highest BCUT2D eigenvalue weighted by Gasteiger charge is 2.25. The molecule has 1 aliphatic heterocycles. The Balaban J connectivity index is 1.54. The van der Waals surface area contributed by atoms with Crippen molar-refractivity contribution >= 4 is 17.5 Å². The van der Waals surface area contributed by atoms with Gasteiger partial charge in [0.25, 0.3) is 5.91 Å². The van der Waals surface area contributed by atoms with Crippen LogP contribution in [0.25, 0.3) is 0 Å². The number of carbonyl (C=O) groups excluding carboxylic acids is 2. The topological polar surface area (TPSA) is 58.6 Å². The Morgan fingerprint density at radius 3 is 2.77 bits per heavy atom. The first kappa shape index (κ1) is 18.0. The normalized spacial score (nSPS) is 14.4. The lowest BCUT2D eigenvalue weighted by Crippen LogP contribution is -2.39. The van der Waals surface area contributed by atoms with Gasteiger partial charge in [0.2, 0.25) is 5.91 Å². The molecule has 2 aromatic carbocycles. The van der Waals surface area contributed by atoms with E-state index in [0.717, 1.165) is 22.6 Å². The summed E-state index contributed by atoms with van der Waals surface area (Å²) in [6, 6.07) is 15.6. The number of amides is 2. The summed E-state index contributed by atoms with van der Waals surface area (Å²) < 4.78 is 5.48. The lowest BCUT2D eigenvalue weighted by molar-refractivity contribution is -0.123. The highest BCUT2D eigenvalue weighted by atomic mass is 16.5. The third-order valence-electron chi connectivity index (χ3n) is 4.52. The van der Waals surface area contributed by atoms with Crippen LogP contribution < -0.4 is 15.0 Å². The molecule has 3 rings (SSSR count).